The van der Waals surface area contributed by atoms with Crippen LogP contribution in [0, 0.1) is 6.92 Å². The zero-order chi connectivity index (χ0) is 13.2. The van der Waals surface area contributed by atoms with Crippen molar-refractivity contribution in [1.29, 1.82) is 0 Å². The van der Waals surface area contributed by atoms with E-state index in [1.165, 1.54) is 0 Å². The summed E-state index contributed by atoms with van der Waals surface area (Å²) in [5.41, 5.74) is 0.955. The number of nitrogens with zero attached hydrogens (tertiary/aromatic N) is 4. The van der Waals surface area contributed by atoms with Gasteiger partial charge in [0, 0.05) is 31.5 Å². The van der Waals surface area contributed by atoms with Crippen LogP contribution >= 0.6 is 0 Å². The van der Waals surface area contributed by atoms with Gasteiger partial charge in [-0.2, -0.15) is 5.10 Å². The van der Waals surface area contributed by atoms with Crippen molar-refractivity contribution in [2.45, 2.75) is 52.2 Å². The lowest BCUT2D eigenvalue weighted by molar-refractivity contribution is 0.347. The van der Waals surface area contributed by atoms with Gasteiger partial charge in [-0.3, -0.25) is 0 Å². The molecule has 2 aromatic heterocycles. The Kier molecular flexibility index (Phi) is 3.33. The zero-order valence-corrected chi connectivity index (χ0v) is 11.4. The highest BCUT2D eigenvalue weighted by Crippen LogP contribution is 2.14. The molecule has 1 aliphatic heterocycles. The summed E-state index contributed by atoms with van der Waals surface area (Å²) in [6.45, 7) is 5.63. The first-order chi connectivity index (χ1) is 9.24. The topological polar surface area (TPSA) is 68.8 Å². The monoisotopic (exact) mass is 261 g/mol. The predicted molar refractivity (Wildman–Crippen MR) is 69.6 cm³/mol. The Morgan fingerprint density at radius 1 is 1.53 bits per heavy atom. The molecular formula is C13H19N5O. The summed E-state index contributed by atoms with van der Waals surface area (Å²) in [5, 5.41) is 12.0. The van der Waals surface area contributed by atoms with Crippen molar-refractivity contribution in [2.24, 2.45) is 0 Å². The lowest BCUT2D eigenvalue weighted by atomic mass is 10.1. The molecule has 2 aromatic rings. The van der Waals surface area contributed by atoms with Crippen LogP contribution in [0.15, 0.2) is 10.6 Å². The smallest absolute Gasteiger partial charge is 0.150 e. The van der Waals surface area contributed by atoms with Gasteiger partial charge in [0.25, 0.3) is 0 Å². The highest BCUT2D eigenvalue weighted by atomic mass is 16.5. The molecule has 102 valence electrons. The van der Waals surface area contributed by atoms with E-state index in [4.69, 9.17) is 4.52 Å². The van der Waals surface area contributed by atoms with Crippen molar-refractivity contribution in [3.63, 3.8) is 0 Å². The number of nitrogens with one attached hydrogen (secondary N) is 1. The van der Waals surface area contributed by atoms with Gasteiger partial charge < -0.3 is 9.84 Å². The van der Waals surface area contributed by atoms with E-state index in [0.29, 0.717) is 6.04 Å². The highest BCUT2D eigenvalue weighted by Gasteiger charge is 2.21. The molecule has 1 aliphatic rings. The van der Waals surface area contributed by atoms with Gasteiger partial charge in [0.2, 0.25) is 0 Å². The first-order valence-corrected chi connectivity index (χ1v) is 6.82. The van der Waals surface area contributed by atoms with Crippen LogP contribution in [-0.2, 0) is 25.9 Å². The fraction of sp³-hybridized carbons (Fsp3) is 0.615. The molecule has 3 heterocycles. The van der Waals surface area contributed by atoms with E-state index in [9.17, 15) is 0 Å². The summed E-state index contributed by atoms with van der Waals surface area (Å²) in [6.07, 6.45) is 2.98. The maximum absolute atomic E-state index is 5.06. The molecule has 6 heteroatoms. The van der Waals surface area contributed by atoms with Crippen molar-refractivity contribution in [2.75, 3.05) is 0 Å². The summed E-state index contributed by atoms with van der Waals surface area (Å²) >= 11 is 0. The third-order valence-corrected chi connectivity index (χ3v) is 3.47. The van der Waals surface area contributed by atoms with E-state index in [1.807, 2.05) is 17.7 Å². The van der Waals surface area contributed by atoms with Crippen molar-refractivity contribution >= 4 is 0 Å². The van der Waals surface area contributed by atoms with Gasteiger partial charge in [-0.05, 0) is 13.3 Å². The number of fused-ring (bicyclic) bond motifs is 1. The fourth-order valence-electron chi connectivity index (χ4n) is 2.43. The van der Waals surface area contributed by atoms with Crippen molar-refractivity contribution in [3.05, 3.63) is 29.2 Å². The first kappa shape index (κ1) is 12.3. The quantitative estimate of drug-likeness (QED) is 0.896. The Bertz CT molecular complexity index is 559. The SMILES string of the molecule is CCc1nc2n(n1)C[C@@H](NCc1cc(C)on1)CC2. The standard InChI is InChI=1S/C13H19N5O/c1-3-12-15-13-5-4-10(8-18(13)16-12)14-7-11-6-9(2)19-17-11/h6,10,14H,3-5,7-8H2,1-2H3/t10-/m0/s1. The van der Waals surface area contributed by atoms with Crippen LogP contribution in [0.2, 0.25) is 0 Å². The average molecular weight is 261 g/mol. The second-order valence-electron chi connectivity index (χ2n) is 5.03. The molecule has 3 rings (SSSR count). The number of hydrogen-bond acceptors (Lipinski definition) is 5. The molecule has 19 heavy (non-hydrogen) atoms. The maximum Gasteiger partial charge on any atom is 0.150 e. The van der Waals surface area contributed by atoms with Gasteiger partial charge >= 0.3 is 0 Å². The van der Waals surface area contributed by atoms with Crippen LogP contribution in [0.4, 0.5) is 0 Å². The Morgan fingerprint density at radius 2 is 2.42 bits per heavy atom. The minimum atomic E-state index is 0.427. The molecule has 0 aliphatic carbocycles. The van der Waals surface area contributed by atoms with Crippen LogP contribution in [0.1, 0.15) is 36.4 Å². The third kappa shape index (κ3) is 2.68. The Balaban J connectivity index is 1.59. The number of rotatable bonds is 4. The van der Waals surface area contributed by atoms with E-state index in [-0.39, 0.29) is 0 Å². The van der Waals surface area contributed by atoms with E-state index in [1.54, 1.807) is 0 Å². The molecule has 0 unspecified atom stereocenters. The van der Waals surface area contributed by atoms with Crippen LogP contribution in [0.5, 0.6) is 0 Å². The summed E-state index contributed by atoms with van der Waals surface area (Å²) in [6, 6.07) is 2.39. The summed E-state index contributed by atoms with van der Waals surface area (Å²) in [5.74, 6) is 2.92. The van der Waals surface area contributed by atoms with Crippen LogP contribution in [-0.4, -0.2) is 26.0 Å². The molecule has 0 spiro atoms. The molecular weight excluding hydrogens is 242 g/mol. The molecule has 0 bridgehead atoms. The van der Waals surface area contributed by atoms with E-state index in [2.05, 4.69) is 27.5 Å². The van der Waals surface area contributed by atoms with Crippen molar-refractivity contribution < 1.29 is 4.52 Å². The molecule has 0 amide bonds. The van der Waals surface area contributed by atoms with E-state index < -0.39 is 0 Å². The van der Waals surface area contributed by atoms with Gasteiger partial charge in [0.1, 0.15) is 11.6 Å². The van der Waals surface area contributed by atoms with Gasteiger partial charge in [-0.15, -0.1) is 0 Å². The van der Waals surface area contributed by atoms with Gasteiger partial charge in [0.15, 0.2) is 5.82 Å². The molecule has 6 nitrogen and oxygen atoms in total. The second-order valence-corrected chi connectivity index (χ2v) is 5.03. The molecule has 1 atom stereocenters. The second kappa shape index (κ2) is 5.13. The molecule has 0 aromatic carbocycles. The average Bonchev–Trinajstić information content (AvgIpc) is 3.01. The minimum absolute atomic E-state index is 0.427. The van der Waals surface area contributed by atoms with E-state index in [0.717, 1.165) is 55.5 Å². The van der Waals surface area contributed by atoms with Crippen molar-refractivity contribution in [3.8, 4) is 0 Å². The third-order valence-electron chi connectivity index (χ3n) is 3.47. The Hall–Kier alpha value is -1.69. The molecule has 0 fully saturated rings. The van der Waals surface area contributed by atoms with Gasteiger partial charge in [-0.1, -0.05) is 12.1 Å². The Morgan fingerprint density at radius 3 is 3.16 bits per heavy atom. The predicted octanol–water partition coefficient (Wildman–Crippen LogP) is 1.24. The zero-order valence-electron chi connectivity index (χ0n) is 11.4. The fourth-order valence-corrected chi connectivity index (χ4v) is 2.43. The van der Waals surface area contributed by atoms with Gasteiger partial charge in [-0.25, -0.2) is 9.67 Å². The lowest BCUT2D eigenvalue weighted by Gasteiger charge is -2.23. The summed E-state index contributed by atoms with van der Waals surface area (Å²) < 4.78 is 7.10. The van der Waals surface area contributed by atoms with E-state index >= 15 is 0 Å². The number of hydrogen-bond donors (Lipinski definition) is 1. The normalized spacial score (nSPS) is 18.5. The highest BCUT2D eigenvalue weighted by molar-refractivity contribution is 5.04. The van der Waals surface area contributed by atoms with Crippen molar-refractivity contribution in [1.82, 2.24) is 25.2 Å². The molecule has 0 saturated carbocycles. The maximum atomic E-state index is 5.06. The minimum Gasteiger partial charge on any atom is -0.361 e. The lowest BCUT2D eigenvalue weighted by Crippen LogP contribution is -2.37. The summed E-state index contributed by atoms with van der Waals surface area (Å²) in [4.78, 5) is 4.52. The van der Waals surface area contributed by atoms with Crippen LogP contribution < -0.4 is 5.32 Å². The number of aryl methyl sites for hydroxylation is 3. The Labute approximate surface area is 112 Å². The largest absolute Gasteiger partial charge is 0.361 e. The van der Waals surface area contributed by atoms with Crippen LogP contribution in [0.25, 0.3) is 0 Å². The molecule has 0 saturated heterocycles. The van der Waals surface area contributed by atoms with Gasteiger partial charge in [0.05, 0.1) is 12.2 Å². The van der Waals surface area contributed by atoms with Crippen LogP contribution in [0.3, 0.4) is 0 Å². The first-order valence-electron chi connectivity index (χ1n) is 6.82. The summed E-state index contributed by atoms with van der Waals surface area (Å²) in [7, 11) is 0. The number of aromatic nitrogens is 4. The molecule has 1 N–H and O–H groups in total. The molecule has 0 radical (unpaired) electrons.